The van der Waals surface area contributed by atoms with Crippen LogP contribution in [-0.4, -0.2) is 31.3 Å². The molecule has 1 N–H and O–H groups in total. The lowest BCUT2D eigenvalue weighted by atomic mass is 9.79. The van der Waals surface area contributed by atoms with Crippen molar-refractivity contribution in [3.8, 4) is 5.75 Å². The Hall–Kier alpha value is -2.80. The van der Waals surface area contributed by atoms with E-state index in [0.717, 1.165) is 28.4 Å². The van der Waals surface area contributed by atoms with Crippen LogP contribution in [0.1, 0.15) is 61.7 Å². The summed E-state index contributed by atoms with van der Waals surface area (Å²) in [6, 6.07) is 11.7. The maximum atomic E-state index is 12.5. The topological polar surface area (TPSA) is 67.1 Å². The van der Waals surface area contributed by atoms with Crippen molar-refractivity contribution in [3.63, 3.8) is 0 Å². The lowest BCUT2D eigenvalue weighted by Gasteiger charge is -2.47. The Morgan fingerprint density at radius 1 is 1.34 bits per heavy atom. The highest BCUT2D eigenvalue weighted by atomic mass is 79.9. The van der Waals surface area contributed by atoms with Crippen molar-refractivity contribution in [2.75, 3.05) is 18.6 Å². The van der Waals surface area contributed by atoms with Crippen molar-refractivity contribution in [2.24, 2.45) is 5.10 Å². The number of carbonyl (C=O) groups excluding carboxylic acids is 1. The summed E-state index contributed by atoms with van der Waals surface area (Å²) < 4.78 is 11.9. The molecule has 0 fully saturated rings. The Bertz CT molecular complexity index is 1200. The first-order chi connectivity index (χ1) is 15.2. The molecule has 0 aliphatic carbocycles. The summed E-state index contributed by atoms with van der Waals surface area (Å²) in [5.74, 6) is 0.772. The first kappa shape index (κ1) is 22.4. The van der Waals surface area contributed by atoms with Crippen LogP contribution in [0, 0.1) is 0 Å². The molecule has 0 bridgehead atoms. The van der Waals surface area contributed by atoms with E-state index in [0.29, 0.717) is 17.3 Å². The molecule has 0 saturated carbocycles. The number of hydrazone groups is 1. The predicted molar refractivity (Wildman–Crippen MR) is 132 cm³/mol. The smallest absolute Gasteiger partial charge is 0.307 e. The minimum Gasteiger partial charge on any atom is -0.493 e. The van der Waals surface area contributed by atoms with Crippen LogP contribution < -0.4 is 15.1 Å². The Labute approximate surface area is 196 Å². The summed E-state index contributed by atoms with van der Waals surface area (Å²) in [7, 11) is 1.56. The molecule has 4 rings (SSSR count). The van der Waals surface area contributed by atoms with Crippen molar-refractivity contribution in [1.82, 2.24) is 5.43 Å². The van der Waals surface area contributed by atoms with E-state index in [1.54, 1.807) is 25.5 Å². The maximum absolute atomic E-state index is 12.5. The van der Waals surface area contributed by atoms with Gasteiger partial charge in [0.15, 0.2) is 17.1 Å². The van der Waals surface area contributed by atoms with Gasteiger partial charge in [-0.15, -0.1) is 0 Å². The summed E-state index contributed by atoms with van der Waals surface area (Å²) in [6.07, 6.45) is 2.76. The minimum absolute atomic E-state index is 0.135. The van der Waals surface area contributed by atoms with Crippen molar-refractivity contribution >= 4 is 44.7 Å². The van der Waals surface area contributed by atoms with Gasteiger partial charge in [0.05, 0.1) is 13.3 Å². The molecular weight excluding hydrogens is 470 g/mol. The van der Waals surface area contributed by atoms with Crippen LogP contribution in [0.4, 0.5) is 5.69 Å². The standard InChI is InChI=1S/C25H28BrN3O3/c1-6-29-20-8-7-16(9-19(20)15(2)13-25(29,3)4)14-27-28-24(30)22-11-17-10-18(26)12-21(31-5)23(17)32-22/h7-12,14-15H,6,13H2,1-5H3,(H,28,30)/b27-14-. The molecule has 1 aliphatic rings. The van der Waals surface area contributed by atoms with E-state index < -0.39 is 5.91 Å². The van der Waals surface area contributed by atoms with E-state index >= 15 is 0 Å². The number of halogens is 1. The average molecular weight is 498 g/mol. The fraction of sp³-hybridized carbons (Fsp3) is 0.360. The van der Waals surface area contributed by atoms with Crippen LogP contribution in [0.5, 0.6) is 5.75 Å². The van der Waals surface area contributed by atoms with E-state index in [1.165, 1.54) is 11.3 Å². The monoisotopic (exact) mass is 497 g/mol. The zero-order valence-electron chi connectivity index (χ0n) is 19.0. The van der Waals surface area contributed by atoms with Gasteiger partial charge in [-0.1, -0.05) is 28.9 Å². The summed E-state index contributed by atoms with van der Waals surface area (Å²) in [5, 5.41) is 4.93. The number of ether oxygens (including phenoxy) is 1. The number of methoxy groups -OCH3 is 1. The predicted octanol–water partition coefficient (Wildman–Crippen LogP) is 6.08. The summed E-state index contributed by atoms with van der Waals surface area (Å²) in [4.78, 5) is 15.0. The quantitative estimate of drug-likeness (QED) is 0.342. The Balaban J connectivity index is 1.52. The largest absolute Gasteiger partial charge is 0.493 e. The molecule has 0 saturated heterocycles. The fourth-order valence-electron chi connectivity index (χ4n) is 4.76. The lowest BCUT2D eigenvalue weighted by molar-refractivity contribution is 0.0929. The number of nitrogens with one attached hydrogen (secondary N) is 1. The third kappa shape index (κ3) is 4.13. The number of carbonyl (C=O) groups is 1. The highest BCUT2D eigenvalue weighted by molar-refractivity contribution is 9.10. The van der Waals surface area contributed by atoms with Crippen molar-refractivity contribution in [1.29, 1.82) is 0 Å². The summed E-state index contributed by atoms with van der Waals surface area (Å²) in [5.41, 5.74) is 6.76. The van der Waals surface area contributed by atoms with E-state index in [-0.39, 0.29) is 11.3 Å². The fourth-order valence-corrected chi connectivity index (χ4v) is 5.21. The molecule has 1 amide bonds. The van der Waals surface area contributed by atoms with Gasteiger partial charge in [0.1, 0.15) is 0 Å². The molecule has 168 valence electrons. The van der Waals surface area contributed by atoms with Gasteiger partial charge >= 0.3 is 5.91 Å². The van der Waals surface area contributed by atoms with Crippen LogP contribution in [0.15, 0.2) is 50.4 Å². The van der Waals surface area contributed by atoms with Gasteiger partial charge < -0.3 is 14.1 Å². The van der Waals surface area contributed by atoms with Gasteiger partial charge in [0.2, 0.25) is 0 Å². The number of amides is 1. The lowest BCUT2D eigenvalue weighted by Crippen LogP contribution is -2.48. The molecule has 1 atom stereocenters. The second kappa shape index (κ2) is 8.62. The summed E-state index contributed by atoms with van der Waals surface area (Å²) in [6.45, 7) is 10.0. The van der Waals surface area contributed by atoms with E-state index in [9.17, 15) is 4.79 Å². The molecule has 6 nitrogen and oxygen atoms in total. The molecule has 32 heavy (non-hydrogen) atoms. The van der Waals surface area contributed by atoms with Crippen LogP contribution >= 0.6 is 15.9 Å². The number of furan rings is 1. The molecule has 1 aliphatic heterocycles. The summed E-state index contributed by atoms with van der Waals surface area (Å²) >= 11 is 3.43. The van der Waals surface area contributed by atoms with E-state index in [4.69, 9.17) is 9.15 Å². The third-order valence-corrected chi connectivity index (χ3v) is 6.55. The van der Waals surface area contributed by atoms with Crippen molar-refractivity contribution in [2.45, 2.75) is 45.6 Å². The first-order valence-corrected chi connectivity index (χ1v) is 11.5. The number of hydrogen-bond acceptors (Lipinski definition) is 5. The average Bonchev–Trinajstić information content (AvgIpc) is 3.17. The first-order valence-electron chi connectivity index (χ1n) is 10.8. The van der Waals surface area contributed by atoms with Crippen LogP contribution in [0.2, 0.25) is 0 Å². The minimum atomic E-state index is -0.416. The maximum Gasteiger partial charge on any atom is 0.307 e. The molecule has 7 heteroatoms. The van der Waals surface area contributed by atoms with Crippen LogP contribution in [-0.2, 0) is 0 Å². The number of hydrogen-bond donors (Lipinski definition) is 1. The SMILES string of the molecule is CCN1c2ccc(/C=N\NC(=O)c3cc4cc(Br)cc(OC)c4o3)cc2C(C)CC1(C)C. The molecule has 2 heterocycles. The van der Waals surface area contributed by atoms with Gasteiger partial charge in [-0.3, -0.25) is 4.79 Å². The molecule has 0 spiro atoms. The molecule has 1 unspecified atom stereocenters. The Morgan fingerprint density at radius 2 is 2.12 bits per heavy atom. The van der Waals surface area contributed by atoms with Gasteiger partial charge in [0.25, 0.3) is 0 Å². The molecule has 3 aromatic rings. The number of fused-ring (bicyclic) bond motifs is 2. The third-order valence-electron chi connectivity index (χ3n) is 6.10. The van der Waals surface area contributed by atoms with Crippen LogP contribution in [0.25, 0.3) is 11.0 Å². The highest BCUT2D eigenvalue weighted by Gasteiger charge is 2.35. The van der Waals surface area contributed by atoms with Crippen molar-refractivity contribution in [3.05, 3.63) is 57.8 Å². The molecule has 2 aromatic carbocycles. The Morgan fingerprint density at radius 3 is 2.84 bits per heavy atom. The van der Waals surface area contributed by atoms with Gasteiger partial charge in [-0.05, 0) is 74.6 Å². The number of rotatable bonds is 5. The van der Waals surface area contributed by atoms with Gasteiger partial charge in [0, 0.05) is 27.6 Å². The number of benzene rings is 2. The normalized spacial score (nSPS) is 17.6. The second-order valence-corrected chi connectivity index (χ2v) is 9.73. The second-order valence-electron chi connectivity index (χ2n) is 8.82. The molecule has 0 radical (unpaired) electrons. The molecule has 1 aromatic heterocycles. The van der Waals surface area contributed by atoms with Crippen LogP contribution in [0.3, 0.4) is 0 Å². The van der Waals surface area contributed by atoms with Gasteiger partial charge in [-0.25, -0.2) is 5.43 Å². The van der Waals surface area contributed by atoms with Gasteiger partial charge in [-0.2, -0.15) is 5.10 Å². The zero-order chi connectivity index (χ0) is 23.0. The zero-order valence-corrected chi connectivity index (χ0v) is 20.6. The van der Waals surface area contributed by atoms with E-state index in [2.05, 4.69) is 71.2 Å². The highest BCUT2D eigenvalue weighted by Crippen LogP contribution is 2.43. The number of anilines is 1. The van der Waals surface area contributed by atoms with E-state index in [1.807, 2.05) is 12.1 Å². The molecular formula is C25H28BrN3O3. The number of nitrogens with zero attached hydrogens (tertiary/aromatic N) is 2. The van der Waals surface area contributed by atoms with Crippen molar-refractivity contribution < 1.29 is 13.9 Å². The Kier molecular flexibility index (Phi) is 6.03.